The van der Waals surface area contributed by atoms with Gasteiger partial charge in [-0.2, -0.15) is 0 Å². The highest BCUT2D eigenvalue weighted by Gasteiger charge is 2.07. The Kier molecular flexibility index (Phi) is 3.90. The number of pyridine rings is 1. The van der Waals surface area contributed by atoms with Gasteiger partial charge in [-0.1, -0.05) is 5.21 Å². The minimum Gasteiger partial charge on any atom is -0.481 e. The predicted octanol–water partition coefficient (Wildman–Crippen LogP) is 1.64. The van der Waals surface area contributed by atoms with Crippen molar-refractivity contribution in [1.29, 1.82) is 0 Å². The topological polar surface area (TPSA) is 70.7 Å². The number of methoxy groups -OCH3 is 1. The molecule has 0 unspecified atom stereocenters. The van der Waals surface area contributed by atoms with Gasteiger partial charge in [0.15, 0.2) is 0 Å². The Morgan fingerprint density at radius 3 is 2.86 bits per heavy atom. The number of hydrogen-bond donors (Lipinski definition) is 0. The van der Waals surface area contributed by atoms with E-state index in [2.05, 4.69) is 24.8 Å². The minimum absolute atomic E-state index is 0.588. The fourth-order valence-corrected chi connectivity index (χ4v) is 2.17. The summed E-state index contributed by atoms with van der Waals surface area (Å²) in [6.07, 6.45) is 10.0. The molecule has 7 nitrogen and oxygen atoms in total. The maximum Gasteiger partial charge on any atom is 0.213 e. The molecule has 0 spiro atoms. The van der Waals surface area contributed by atoms with E-state index in [0.717, 1.165) is 30.9 Å². The summed E-state index contributed by atoms with van der Waals surface area (Å²) in [5.41, 5.74) is 0.993. The Balaban J connectivity index is 1.71. The zero-order valence-corrected chi connectivity index (χ0v) is 11.8. The van der Waals surface area contributed by atoms with Gasteiger partial charge in [-0.25, -0.2) is 9.97 Å². The molecule has 3 heterocycles. The zero-order valence-electron chi connectivity index (χ0n) is 11.8. The van der Waals surface area contributed by atoms with Gasteiger partial charge in [0.05, 0.1) is 13.3 Å². The third-order valence-corrected chi connectivity index (χ3v) is 3.18. The molecule has 0 atom stereocenters. The number of hydrogen-bond acceptors (Lipinski definition) is 5. The van der Waals surface area contributed by atoms with Gasteiger partial charge in [0.25, 0.3) is 0 Å². The molecule has 0 saturated heterocycles. The molecule has 0 aromatic carbocycles. The maximum absolute atomic E-state index is 5.16. The summed E-state index contributed by atoms with van der Waals surface area (Å²) in [5, 5.41) is 7.75. The van der Waals surface area contributed by atoms with Gasteiger partial charge in [-0.15, -0.1) is 5.10 Å². The molecule has 108 valence electrons. The zero-order chi connectivity index (χ0) is 14.5. The lowest BCUT2D eigenvalue weighted by molar-refractivity contribution is 0.398. The summed E-state index contributed by atoms with van der Waals surface area (Å²) in [7, 11) is 1.61. The van der Waals surface area contributed by atoms with Crippen molar-refractivity contribution in [3.05, 3.63) is 43.1 Å². The molecule has 7 heteroatoms. The van der Waals surface area contributed by atoms with Gasteiger partial charge in [0, 0.05) is 49.5 Å². The van der Waals surface area contributed by atoms with Gasteiger partial charge in [-0.3, -0.25) is 4.68 Å². The van der Waals surface area contributed by atoms with Crippen LogP contribution in [0.1, 0.15) is 6.42 Å². The Hall–Kier alpha value is -2.70. The number of imidazole rings is 1. The molecule has 3 rings (SSSR count). The Labute approximate surface area is 122 Å². The monoisotopic (exact) mass is 284 g/mol. The average Bonchev–Trinajstić information content (AvgIpc) is 3.19. The summed E-state index contributed by atoms with van der Waals surface area (Å²) in [4.78, 5) is 8.54. The van der Waals surface area contributed by atoms with Gasteiger partial charge >= 0.3 is 0 Å². The van der Waals surface area contributed by atoms with Crippen molar-refractivity contribution in [2.45, 2.75) is 19.5 Å². The van der Waals surface area contributed by atoms with Crippen LogP contribution in [0.2, 0.25) is 0 Å². The van der Waals surface area contributed by atoms with E-state index in [-0.39, 0.29) is 0 Å². The quantitative estimate of drug-likeness (QED) is 0.688. The summed E-state index contributed by atoms with van der Waals surface area (Å²) in [5.74, 6) is 1.50. The van der Waals surface area contributed by atoms with E-state index in [1.54, 1.807) is 25.7 Å². The van der Waals surface area contributed by atoms with E-state index in [9.17, 15) is 0 Å². The second-order valence-electron chi connectivity index (χ2n) is 4.55. The van der Waals surface area contributed by atoms with Crippen molar-refractivity contribution in [2.75, 3.05) is 7.11 Å². The lowest BCUT2D eigenvalue weighted by atomic mass is 10.2. The highest BCUT2D eigenvalue weighted by molar-refractivity contribution is 5.56. The molecule has 0 saturated carbocycles. The first-order chi connectivity index (χ1) is 10.4. The summed E-state index contributed by atoms with van der Waals surface area (Å²) in [6.45, 7) is 1.69. The van der Waals surface area contributed by atoms with Crippen LogP contribution in [0, 0.1) is 0 Å². The lowest BCUT2D eigenvalue weighted by Crippen LogP contribution is -2.05. The van der Waals surface area contributed by atoms with Crippen LogP contribution in [-0.2, 0) is 13.1 Å². The Bertz CT molecular complexity index is 691. The molecule has 0 N–H and O–H groups in total. The van der Waals surface area contributed by atoms with E-state index >= 15 is 0 Å². The summed E-state index contributed by atoms with van der Waals surface area (Å²) in [6, 6.07) is 3.81. The lowest BCUT2D eigenvalue weighted by Gasteiger charge is -2.08. The molecule has 0 aliphatic heterocycles. The SMILES string of the molecule is COc1cc(-c2nccn2CCCn2ccnn2)ccn1. The molecular weight excluding hydrogens is 268 g/mol. The van der Waals surface area contributed by atoms with Crippen LogP contribution in [0.3, 0.4) is 0 Å². The van der Waals surface area contributed by atoms with Gasteiger partial charge in [0.2, 0.25) is 5.88 Å². The predicted molar refractivity (Wildman–Crippen MR) is 76.6 cm³/mol. The van der Waals surface area contributed by atoms with Gasteiger partial charge in [0.1, 0.15) is 5.82 Å². The molecule has 0 aliphatic carbocycles. The van der Waals surface area contributed by atoms with Crippen molar-refractivity contribution in [3.63, 3.8) is 0 Å². The van der Waals surface area contributed by atoms with Gasteiger partial charge in [-0.05, 0) is 12.5 Å². The number of rotatable bonds is 6. The average molecular weight is 284 g/mol. The summed E-state index contributed by atoms with van der Waals surface area (Å²) >= 11 is 0. The molecular formula is C14H16N6O. The molecule has 0 bridgehead atoms. The minimum atomic E-state index is 0.588. The molecule has 21 heavy (non-hydrogen) atoms. The smallest absolute Gasteiger partial charge is 0.213 e. The van der Waals surface area contributed by atoms with Crippen molar-refractivity contribution in [1.82, 2.24) is 29.5 Å². The molecule has 0 amide bonds. The highest BCUT2D eigenvalue weighted by atomic mass is 16.5. The van der Waals surface area contributed by atoms with Crippen LogP contribution in [0.15, 0.2) is 43.1 Å². The normalized spacial score (nSPS) is 10.7. The molecule has 0 fully saturated rings. The fourth-order valence-electron chi connectivity index (χ4n) is 2.17. The maximum atomic E-state index is 5.16. The van der Waals surface area contributed by atoms with Crippen LogP contribution in [-0.4, -0.2) is 36.6 Å². The first-order valence-corrected chi connectivity index (χ1v) is 6.72. The number of aryl methyl sites for hydroxylation is 2. The van der Waals surface area contributed by atoms with Crippen molar-refractivity contribution >= 4 is 0 Å². The van der Waals surface area contributed by atoms with Gasteiger partial charge < -0.3 is 9.30 Å². The Morgan fingerprint density at radius 1 is 1.10 bits per heavy atom. The van der Waals surface area contributed by atoms with Crippen LogP contribution >= 0.6 is 0 Å². The molecule has 0 radical (unpaired) electrons. The van der Waals surface area contributed by atoms with E-state index in [1.807, 2.05) is 29.2 Å². The van der Waals surface area contributed by atoms with Crippen molar-refractivity contribution in [3.8, 4) is 17.3 Å². The van der Waals surface area contributed by atoms with Crippen LogP contribution in [0.5, 0.6) is 5.88 Å². The number of ether oxygens (including phenoxy) is 1. The number of nitrogens with zero attached hydrogens (tertiary/aromatic N) is 6. The first kappa shape index (κ1) is 13.3. The number of aromatic nitrogens is 6. The summed E-state index contributed by atoms with van der Waals surface area (Å²) < 4.78 is 9.10. The second kappa shape index (κ2) is 6.17. The van der Waals surface area contributed by atoms with Crippen LogP contribution in [0.4, 0.5) is 0 Å². The van der Waals surface area contributed by atoms with E-state index in [0.29, 0.717) is 5.88 Å². The standard InChI is InChI=1S/C14H16N6O/c1-21-13-11-12(3-4-15-13)14-16-5-9-19(14)7-2-8-20-10-6-17-18-20/h3-6,9-11H,2,7-8H2,1H3. The fraction of sp³-hybridized carbons (Fsp3) is 0.286. The third kappa shape index (κ3) is 3.07. The molecule has 3 aromatic rings. The van der Waals surface area contributed by atoms with Crippen LogP contribution in [0.25, 0.3) is 11.4 Å². The van der Waals surface area contributed by atoms with Crippen molar-refractivity contribution in [2.24, 2.45) is 0 Å². The molecule has 0 aliphatic rings. The van der Waals surface area contributed by atoms with E-state index < -0.39 is 0 Å². The first-order valence-electron chi connectivity index (χ1n) is 6.72. The van der Waals surface area contributed by atoms with Crippen LogP contribution < -0.4 is 4.74 Å². The Morgan fingerprint density at radius 2 is 2.05 bits per heavy atom. The third-order valence-electron chi connectivity index (χ3n) is 3.18. The van der Waals surface area contributed by atoms with E-state index in [1.165, 1.54) is 0 Å². The van der Waals surface area contributed by atoms with Crippen molar-refractivity contribution < 1.29 is 4.74 Å². The largest absolute Gasteiger partial charge is 0.481 e. The van der Waals surface area contributed by atoms with E-state index in [4.69, 9.17) is 4.74 Å². The molecule has 3 aromatic heterocycles. The highest BCUT2D eigenvalue weighted by Crippen LogP contribution is 2.20. The second-order valence-corrected chi connectivity index (χ2v) is 4.55.